The number of amides is 1. The van der Waals surface area contributed by atoms with E-state index in [9.17, 15) is 23.1 Å². The zero-order valence-electron chi connectivity index (χ0n) is 16.6. The van der Waals surface area contributed by atoms with E-state index in [-0.39, 0.29) is 17.4 Å². The van der Waals surface area contributed by atoms with Crippen molar-refractivity contribution >= 4 is 5.91 Å². The van der Waals surface area contributed by atoms with Crippen molar-refractivity contribution in [1.29, 1.82) is 5.26 Å². The Morgan fingerprint density at radius 3 is 2.43 bits per heavy atom. The van der Waals surface area contributed by atoms with Crippen molar-refractivity contribution in [3.63, 3.8) is 0 Å². The average molecular weight is 414 g/mol. The van der Waals surface area contributed by atoms with Crippen LogP contribution in [-0.2, 0) is 17.4 Å². The lowest BCUT2D eigenvalue weighted by Crippen LogP contribution is -2.28. The highest BCUT2D eigenvalue weighted by atomic mass is 19.4. The SMILES string of the molecule is CC(C)C(=O)NCCCc1cc(C#N)ccc1C#Cc1ccc(O)cc1C(F)(F)F. The number of nitrogens with one attached hydrogen (secondary N) is 1. The van der Waals surface area contributed by atoms with Crippen LogP contribution in [0.4, 0.5) is 13.2 Å². The molecule has 1 amide bonds. The number of phenols is 1. The van der Waals surface area contributed by atoms with Crippen molar-refractivity contribution in [2.24, 2.45) is 5.92 Å². The molecule has 0 saturated heterocycles. The van der Waals surface area contributed by atoms with E-state index in [2.05, 4.69) is 17.2 Å². The lowest BCUT2D eigenvalue weighted by atomic mass is 9.99. The van der Waals surface area contributed by atoms with E-state index in [4.69, 9.17) is 5.26 Å². The van der Waals surface area contributed by atoms with E-state index in [1.807, 2.05) is 6.07 Å². The number of carbonyl (C=O) groups is 1. The molecule has 2 rings (SSSR count). The number of rotatable bonds is 5. The number of nitriles is 1. The van der Waals surface area contributed by atoms with Crippen LogP contribution in [0.3, 0.4) is 0 Å². The summed E-state index contributed by atoms with van der Waals surface area (Å²) in [7, 11) is 0. The normalized spacial score (nSPS) is 10.8. The van der Waals surface area contributed by atoms with Crippen LogP contribution in [-0.4, -0.2) is 17.6 Å². The maximum atomic E-state index is 13.2. The summed E-state index contributed by atoms with van der Waals surface area (Å²) in [6.07, 6.45) is -3.56. The Balaban J connectivity index is 2.28. The monoisotopic (exact) mass is 414 g/mol. The van der Waals surface area contributed by atoms with Crippen LogP contribution in [0.1, 0.15) is 48.1 Å². The second kappa shape index (κ2) is 9.84. The summed E-state index contributed by atoms with van der Waals surface area (Å²) in [4.78, 5) is 11.6. The van der Waals surface area contributed by atoms with Gasteiger partial charge in [-0.1, -0.05) is 25.7 Å². The molecule has 4 nitrogen and oxygen atoms in total. The molecular formula is C23H21F3N2O2. The fourth-order valence-corrected chi connectivity index (χ4v) is 2.70. The Bertz CT molecular complexity index is 1030. The third kappa shape index (κ3) is 6.28. The van der Waals surface area contributed by atoms with Crippen LogP contribution < -0.4 is 5.32 Å². The molecule has 0 aliphatic rings. The molecule has 30 heavy (non-hydrogen) atoms. The van der Waals surface area contributed by atoms with Crippen LogP contribution in [0.25, 0.3) is 0 Å². The van der Waals surface area contributed by atoms with Crippen molar-refractivity contribution in [3.05, 3.63) is 64.2 Å². The molecule has 0 spiro atoms. The second-order valence-electron chi connectivity index (χ2n) is 7.01. The predicted molar refractivity (Wildman–Crippen MR) is 106 cm³/mol. The number of hydrogen-bond donors (Lipinski definition) is 2. The smallest absolute Gasteiger partial charge is 0.417 e. The quantitative estimate of drug-likeness (QED) is 0.563. The maximum Gasteiger partial charge on any atom is 0.417 e. The number of alkyl halides is 3. The van der Waals surface area contributed by atoms with Gasteiger partial charge in [-0.2, -0.15) is 18.4 Å². The molecule has 0 fully saturated rings. The van der Waals surface area contributed by atoms with Gasteiger partial charge in [-0.05, 0) is 54.8 Å². The number of aryl methyl sites for hydroxylation is 1. The number of carbonyl (C=O) groups excluding carboxylic acids is 1. The number of aromatic hydroxyl groups is 1. The number of hydrogen-bond acceptors (Lipinski definition) is 3. The predicted octanol–water partition coefficient (Wildman–Crippen LogP) is 4.39. The zero-order valence-corrected chi connectivity index (χ0v) is 16.6. The summed E-state index contributed by atoms with van der Waals surface area (Å²) in [6.45, 7) is 4.02. The number of phenolic OH excluding ortho intramolecular Hbond substituents is 1. The van der Waals surface area contributed by atoms with E-state index in [0.29, 0.717) is 42.1 Å². The lowest BCUT2D eigenvalue weighted by molar-refractivity contribution is -0.137. The average Bonchev–Trinajstić information content (AvgIpc) is 2.69. The van der Waals surface area contributed by atoms with E-state index < -0.39 is 17.5 Å². The summed E-state index contributed by atoms with van der Waals surface area (Å²) < 4.78 is 39.6. The summed E-state index contributed by atoms with van der Waals surface area (Å²) in [5.74, 6) is 4.61. The molecule has 0 unspecified atom stereocenters. The van der Waals surface area contributed by atoms with Crippen molar-refractivity contribution in [2.75, 3.05) is 6.54 Å². The maximum absolute atomic E-state index is 13.2. The summed E-state index contributed by atoms with van der Waals surface area (Å²) in [5.41, 5.74) is 0.377. The van der Waals surface area contributed by atoms with E-state index >= 15 is 0 Å². The zero-order chi connectivity index (χ0) is 22.3. The van der Waals surface area contributed by atoms with Crippen LogP contribution in [0.15, 0.2) is 36.4 Å². The van der Waals surface area contributed by atoms with Gasteiger partial charge >= 0.3 is 6.18 Å². The standard InChI is InChI=1S/C23H21F3N2O2/c1-15(2)22(30)28-11-3-4-19-12-16(14-27)5-6-17(19)7-8-18-9-10-20(29)13-21(18)23(24,25)26/h5-6,9-10,12-13,15,29H,3-4,11H2,1-2H3,(H,28,30). The Labute approximate surface area is 173 Å². The largest absolute Gasteiger partial charge is 0.508 e. The molecule has 0 bridgehead atoms. The minimum atomic E-state index is -4.65. The van der Waals surface area contributed by atoms with Crippen molar-refractivity contribution in [2.45, 2.75) is 32.9 Å². The Hall–Kier alpha value is -3.45. The first kappa shape index (κ1) is 22.8. The van der Waals surface area contributed by atoms with Gasteiger partial charge in [0.05, 0.1) is 17.2 Å². The van der Waals surface area contributed by atoms with Gasteiger partial charge in [0.1, 0.15) is 5.75 Å². The summed E-state index contributed by atoms with van der Waals surface area (Å²) >= 11 is 0. The Morgan fingerprint density at radius 2 is 1.80 bits per heavy atom. The molecule has 2 aromatic carbocycles. The third-order valence-corrected chi connectivity index (χ3v) is 4.32. The number of benzene rings is 2. The van der Waals surface area contributed by atoms with Crippen molar-refractivity contribution in [3.8, 4) is 23.7 Å². The highest BCUT2D eigenvalue weighted by Gasteiger charge is 2.33. The molecule has 156 valence electrons. The summed E-state index contributed by atoms with van der Waals surface area (Å²) in [5, 5.41) is 21.3. The molecule has 2 N–H and O–H groups in total. The second-order valence-corrected chi connectivity index (χ2v) is 7.01. The van der Waals surface area contributed by atoms with Crippen LogP contribution in [0, 0.1) is 29.1 Å². The van der Waals surface area contributed by atoms with Gasteiger partial charge < -0.3 is 10.4 Å². The van der Waals surface area contributed by atoms with Gasteiger partial charge in [0.15, 0.2) is 0 Å². The Kier molecular flexibility index (Phi) is 7.49. The van der Waals surface area contributed by atoms with Crippen LogP contribution in [0.5, 0.6) is 5.75 Å². The molecular weight excluding hydrogens is 393 g/mol. The van der Waals surface area contributed by atoms with Gasteiger partial charge in [-0.15, -0.1) is 0 Å². The lowest BCUT2D eigenvalue weighted by Gasteiger charge is -2.10. The molecule has 0 saturated carbocycles. The van der Waals surface area contributed by atoms with Crippen LogP contribution in [0.2, 0.25) is 0 Å². The Morgan fingerprint density at radius 1 is 1.13 bits per heavy atom. The minimum Gasteiger partial charge on any atom is -0.508 e. The first-order chi connectivity index (χ1) is 14.1. The first-order valence-electron chi connectivity index (χ1n) is 9.34. The fraction of sp³-hybridized carbons (Fsp3) is 0.304. The summed E-state index contributed by atoms with van der Waals surface area (Å²) in [6, 6.07) is 9.74. The molecule has 2 aromatic rings. The molecule has 0 aromatic heterocycles. The van der Waals surface area contributed by atoms with Gasteiger partial charge in [-0.3, -0.25) is 4.79 Å². The molecule has 0 heterocycles. The van der Waals surface area contributed by atoms with E-state index in [1.54, 1.807) is 32.0 Å². The minimum absolute atomic E-state index is 0.0622. The van der Waals surface area contributed by atoms with Crippen LogP contribution >= 0.6 is 0 Å². The van der Waals surface area contributed by atoms with Gasteiger partial charge in [0.2, 0.25) is 5.91 Å². The first-order valence-corrected chi connectivity index (χ1v) is 9.34. The van der Waals surface area contributed by atoms with E-state index in [1.165, 1.54) is 0 Å². The van der Waals surface area contributed by atoms with Gasteiger partial charge in [0.25, 0.3) is 0 Å². The fourth-order valence-electron chi connectivity index (χ4n) is 2.70. The van der Waals surface area contributed by atoms with Gasteiger partial charge in [0, 0.05) is 23.6 Å². The van der Waals surface area contributed by atoms with Gasteiger partial charge in [-0.25, -0.2) is 0 Å². The van der Waals surface area contributed by atoms with Crippen molar-refractivity contribution in [1.82, 2.24) is 5.32 Å². The molecule has 0 aliphatic carbocycles. The molecule has 0 aliphatic heterocycles. The third-order valence-electron chi connectivity index (χ3n) is 4.32. The van der Waals surface area contributed by atoms with Crippen molar-refractivity contribution < 1.29 is 23.1 Å². The molecule has 0 atom stereocenters. The molecule has 7 heteroatoms. The highest BCUT2D eigenvalue weighted by molar-refractivity contribution is 5.77. The number of nitrogens with zero attached hydrogens (tertiary/aromatic N) is 1. The van der Waals surface area contributed by atoms with E-state index in [0.717, 1.165) is 12.1 Å². The topological polar surface area (TPSA) is 73.1 Å². The number of halogens is 3. The highest BCUT2D eigenvalue weighted by Crippen LogP contribution is 2.33. The molecule has 0 radical (unpaired) electrons.